The van der Waals surface area contributed by atoms with Gasteiger partial charge in [-0.05, 0) is 28.1 Å². The Morgan fingerprint density at radius 2 is 1.77 bits per heavy atom. The van der Waals surface area contributed by atoms with E-state index in [0.717, 1.165) is 22.0 Å². The van der Waals surface area contributed by atoms with Crippen molar-refractivity contribution in [3.63, 3.8) is 0 Å². The maximum Gasteiger partial charge on any atom is 0.322 e. The molecule has 3 rings (SSSR count). The van der Waals surface area contributed by atoms with E-state index in [-0.39, 0.29) is 17.5 Å². The first-order chi connectivity index (χ1) is 12.3. The van der Waals surface area contributed by atoms with E-state index in [4.69, 9.17) is 4.42 Å². The smallest absolute Gasteiger partial charge is 0.322 e. The molecule has 0 saturated carbocycles. The van der Waals surface area contributed by atoms with E-state index in [9.17, 15) is 25.0 Å². The summed E-state index contributed by atoms with van der Waals surface area (Å²) >= 11 is 4.63. The van der Waals surface area contributed by atoms with Crippen LogP contribution in [-0.4, -0.2) is 26.0 Å². The van der Waals surface area contributed by atoms with Crippen LogP contribution in [0.25, 0.3) is 10.8 Å². The molecule has 0 radical (unpaired) electrons. The van der Waals surface area contributed by atoms with Gasteiger partial charge in [0.1, 0.15) is 0 Å². The molecule has 2 aromatic heterocycles. The molecule has 0 saturated heterocycles. The molecule has 3 aromatic rings. The Hall–Kier alpha value is -3.19. The van der Waals surface area contributed by atoms with Gasteiger partial charge in [-0.1, -0.05) is 5.10 Å². The number of carbonyl (C=O) groups is 1. The first kappa shape index (κ1) is 17.6. The number of thiophene rings is 1. The quantitative estimate of drug-likeness (QED) is 0.466. The van der Waals surface area contributed by atoms with E-state index in [1.165, 1.54) is 11.3 Å². The summed E-state index contributed by atoms with van der Waals surface area (Å²) in [5.74, 6) is -0.694. The van der Waals surface area contributed by atoms with Crippen molar-refractivity contribution in [2.24, 2.45) is 0 Å². The highest BCUT2D eigenvalue weighted by Gasteiger charge is 2.21. The second-order valence-electron chi connectivity index (χ2n) is 4.72. The molecule has 0 bridgehead atoms. The summed E-state index contributed by atoms with van der Waals surface area (Å²) in [4.78, 5) is 33.0. The number of aromatic nitrogens is 2. The monoisotopic (exact) mass is 439 g/mol. The average Bonchev–Trinajstić information content (AvgIpc) is 3.23. The van der Waals surface area contributed by atoms with Crippen molar-refractivity contribution in [2.45, 2.75) is 0 Å². The first-order valence-corrected chi connectivity index (χ1v) is 8.29. The van der Waals surface area contributed by atoms with Gasteiger partial charge in [0.15, 0.2) is 0 Å². The number of nitrogens with zero attached hydrogens (tertiary/aromatic N) is 4. The van der Waals surface area contributed by atoms with Crippen LogP contribution in [0.5, 0.6) is 0 Å². The number of nitro groups is 2. The normalized spacial score (nSPS) is 10.5. The van der Waals surface area contributed by atoms with E-state index in [1.807, 2.05) is 0 Å². The fraction of sp³-hybridized carbons (Fsp3) is 0. The Bertz CT molecular complexity index is 999. The van der Waals surface area contributed by atoms with Gasteiger partial charge < -0.3 is 4.42 Å². The fourth-order valence-corrected chi connectivity index (χ4v) is 3.22. The van der Waals surface area contributed by atoms with Gasteiger partial charge >= 0.3 is 6.01 Å². The number of nitro benzene ring substituents is 2. The van der Waals surface area contributed by atoms with Crippen LogP contribution in [-0.2, 0) is 0 Å². The predicted octanol–water partition coefficient (Wildman–Crippen LogP) is 3.63. The number of non-ortho nitro benzene ring substituents is 2. The highest BCUT2D eigenvalue weighted by atomic mass is 79.9. The molecular formula is C13H6BrN5O6S. The highest BCUT2D eigenvalue weighted by molar-refractivity contribution is 9.11. The van der Waals surface area contributed by atoms with Crippen LogP contribution < -0.4 is 5.32 Å². The fourth-order valence-electron chi connectivity index (χ4n) is 1.91. The van der Waals surface area contributed by atoms with Crippen molar-refractivity contribution in [1.29, 1.82) is 0 Å². The largest absolute Gasteiger partial charge is 0.402 e. The summed E-state index contributed by atoms with van der Waals surface area (Å²) < 4.78 is 6.15. The SMILES string of the molecule is O=C(Nc1nnc(-c2ccc(Br)s2)o1)c1cc([N+](=O)[O-])cc([N+](=O)[O-])c1. The van der Waals surface area contributed by atoms with E-state index in [0.29, 0.717) is 4.88 Å². The second kappa shape index (κ2) is 6.97. The summed E-state index contributed by atoms with van der Waals surface area (Å²) in [6, 6.07) is 5.86. The first-order valence-electron chi connectivity index (χ1n) is 6.68. The zero-order chi connectivity index (χ0) is 18.8. The van der Waals surface area contributed by atoms with Gasteiger partial charge in [-0.3, -0.25) is 30.3 Å². The number of carbonyl (C=O) groups excluding carboxylic acids is 1. The van der Waals surface area contributed by atoms with Gasteiger partial charge in [0, 0.05) is 12.1 Å². The third-order valence-corrected chi connectivity index (χ3v) is 4.63. The summed E-state index contributed by atoms with van der Waals surface area (Å²) in [5.41, 5.74) is -1.46. The molecule has 13 heteroatoms. The molecule has 1 amide bonds. The Kier molecular flexibility index (Phi) is 4.73. The van der Waals surface area contributed by atoms with E-state index >= 15 is 0 Å². The van der Waals surface area contributed by atoms with Gasteiger partial charge in [-0.15, -0.1) is 16.4 Å². The van der Waals surface area contributed by atoms with Crippen molar-refractivity contribution in [2.75, 3.05) is 5.32 Å². The number of hydrogen-bond donors (Lipinski definition) is 1. The Morgan fingerprint density at radius 3 is 2.31 bits per heavy atom. The summed E-state index contributed by atoms with van der Waals surface area (Å²) in [7, 11) is 0. The summed E-state index contributed by atoms with van der Waals surface area (Å²) in [6.45, 7) is 0. The van der Waals surface area contributed by atoms with Crippen LogP contribution in [0, 0.1) is 20.2 Å². The Balaban J connectivity index is 1.85. The minimum absolute atomic E-state index is 0.168. The topological polar surface area (TPSA) is 154 Å². The van der Waals surface area contributed by atoms with Crippen LogP contribution >= 0.6 is 27.3 Å². The molecular weight excluding hydrogens is 434 g/mol. The van der Waals surface area contributed by atoms with Crippen molar-refractivity contribution in [1.82, 2.24) is 10.2 Å². The van der Waals surface area contributed by atoms with Gasteiger partial charge in [0.25, 0.3) is 23.2 Å². The molecule has 0 spiro atoms. The second-order valence-corrected chi connectivity index (χ2v) is 7.19. The standard InChI is InChI=1S/C13H6BrN5O6S/c14-10-2-1-9(26-10)12-16-17-13(25-12)15-11(20)6-3-7(18(21)22)5-8(4-6)19(23)24/h1-5H,(H,15,17,20). The lowest BCUT2D eigenvalue weighted by molar-refractivity contribution is -0.394. The molecule has 0 aliphatic heterocycles. The van der Waals surface area contributed by atoms with Crippen molar-refractivity contribution >= 4 is 50.6 Å². The number of benzene rings is 1. The summed E-state index contributed by atoms with van der Waals surface area (Å²) in [6.07, 6.45) is 0. The zero-order valence-corrected chi connectivity index (χ0v) is 14.8. The van der Waals surface area contributed by atoms with E-state index in [2.05, 4.69) is 31.4 Å². The van der Waals surface area contributed by atoms with Gasteiger partial charge in [-0.25, -0.2) is 0 Å². The molecule has 0 unspecified atom stereocenters. The lowest BCUT2D eigenvalue weighted by Gasteiger charge is -2.01. The molecule has 0 atom stereocenters. The van der Waals surface area contributed by atoms with Crippen molar-refractivity contribution < 1.29 is 19.1 Å². The molecule has 132 valence electrons. The number of hydrogen-bond acceptors (Lipinski definition) is 9. The zero-order valence-electron chi connectivity index (χ0n) is 12.4. The van der Waals surface area contributed by atoms with Crippen LogP contribution in [0.15, 0.2) is 38.5 Å². The number of nitrogens with one attached hydrogen (secondary N) is 1. The lowest BCUT2D eigenvalue weighted by Crippen LogP contribution is -2.13. The summed E-state index contributed by atoms with van der Waals surface area (Å²) in [5, 5.41) is 31.5. The number of anilines is 1. The van der Waals surface area contributed by atoms with Crippen LogP contribution in [0.1, 0.15) is 10.4 Å². The van der Waals surface area contributed by atoms with Crippen LogP contribution in [0.2, 0.25) is 0 Å². The Labute approximate surface area is 156 Å². The van der Waals surface area contributed by atoms with Gasteiger partial charge in [0.2, 0.25) is 0 Å². The number of amides is 1. The average molecular weight is 440 g/mol. The van der Waals surface area contributed by atoms with Crippen LogP contribution in [0.3, 0.4) is 0 Å². The molecule has 2 heterocycles. The third-order valence-electron chi connectivity index (χ3n) is 3.02. The minimum atomic E-state index is -0.862. The number of rotatable bonds is 5. The maximum atomic E-state index is 12.2. The number of halogens is 1. The molecule has 1 N–H and O–H groups in total. The highest BCUT2D eigenvalue weighted by Crippen LogP contribution is 2.31. The lowest BCUT2D eigenvalue weighted by atomic mass is 10.1. The van der Waals surface area contributed by atoms with Crippen molar-refractivity contribution in [3.8, 4) is 10.8 Å². The van der Waals surface area contributed by atoms with Crippen molar-refractivity contribution in [3.05, 3.63) is 59.9 Å². The molecule has 0 aliphatic rings. The van der Waals surface area contributed by atoms with E-state index < -0.39 is 27.1 Å². The van der Waals surface area contributed by atoms with E-state index in [1.54, 1.807) is 12.1 Å². The molecule has 26 heavy (non-hydrogen) atoms. The van der Waals surface area contributed by atoms with Crippen LogP contribution in [0.4, 0.5) is 17.4 Å². The Morgan fingerprint density at radius 1 is 1.12 bits per heavy atom. The van der Waals surface area contributed by atoms with Gasteiger partial charge in [-0.2, -0.15) is 0 Å². The van der Waals surface area contributed by atoms with Gasteiger partial charge in [0.05, 0.1) is 30.1 Å². The minimum Gasteiger partial charge on any atom is -0.402 e. The molecule has 0 fully saturated rings. The molecule has 1 aromatic carbocycles. The molecule has 11 nitrogen and oxygen atoms in total. The third kappa shape index (κ3) is 3.73. The predicted molar refractivity (Wildman–Crippen MR) is 93.0 cm³/mol. The molecule has 0 aliphatic carbocycles. The maximum absolute atomic E-state index is 12.2.